The van der Waals surface area contributed by atoms with Crippen LogP contribution in [-0.4, -0.2) is 5.75 Å². The average molecular weight is 296 g/mol. The lowest BCUT2D eigenvalue weighted by Crippen LogP contribution is -1.76. The predicted molar refractivity (Wildman–Crippen MR) is 58.2 cm³/mol. The molecule has 0 bridgehead atoms. The molecule has 0 N–H and O–H groups in total. The van der Waals surface area contributed by atoms with Gasteiger partial charge in [0.2, 0.25) is 0 Å². The molecule has 1 aromatic rings. The molecule has 0 aliphatic rings. The second-order valence-electron chi connectivity index (χ2n) is 1.98. The highest BCUT2D eigenvalue weighted by Gasteiger charge is 2.01. The summed E-state index contributed by atoms with van der Waals surface area (Å²) in [6.45, 7) is 2.15. The van der Waals surface area contributed by atoms with Crippen LogP contribution in [0.25, 0.3) is 0 Å². The lowest BCUT2D eigenvalue weighted by molar-refractivity contribution is 1.36. The van der Waals surface area contributed by atoms with Crippen LogP contribution in [0.3, 0.4) is 0 Å². The number of halogens is 2. The molecule has 0 fully saturated rings. The van der Waals surface area contributed by atoms with Crippen molar-refractivity contribution in [3.63, 3.8) is 0 Å². The SMILES string of the molecule is CCSc1cccc(Br)c1Br. The van der Waals surface area contributed by atoms with Crippen molar-refractivity contribution >= 4 is 43.6 Å². The molecule has 0 aliphatic carbocycles. The van der Waals surface area contributed by atoms with E-state index < -0.39 is 0 Å². The number of hydrogen-bond donors (Lipinski definition) is 0. The van der Waals surface area contributed by atoms with Gasteiger partial charge in [0.25, 0.3) is 0 Å². The third-order valence-corrected chi connectivity index (χ3v) is 4.47. The third-order valence-electron chi connectivity index (χ3n) is 1.22. The van der Waals surface area contributed by atoms with Gasteiger partial charge in [-0.05, 0) is 49.7 Å². The molecule has 0 atom stereocenters. The van der Waals surface area contributed by atoms with Crippen molar-refractivity contribution in [1.82, 2.24) is 0 Å². The summed E-state index contributed by atoms with van der Waals surface area (Å²) in [5.74, 6) is 1.11. The van der Waals surface area contributed by atoms with Gasteiger partial charge in [0.15, 0.2) is 0 Å². The highest BCUT2D eigenvalue weighted by molar-refractivity contribution is 9.13. The van der Waals surface area contributed by atoms with E-state index in [2.05, 4.69) is 44.8 Å². The number of rotatable bonds is 2. The Morgan fingerprint density at radius 2 is 2.09 bits per heavy atom. The van der Waals surface area contributed by atoms with E-state index in [1.807, 2.05) is 23.9 Å². The van der Waals surface area contributed by atoms with E-state index in [4.69, 9.17) is 0 Å². The van der Waals surface area contributed by atoms with Crippen molar-refractivity contribution in [2.45, 2.75) is 11.8 Å². The number of hydrogen-bond acceptors (Lipinski definition) is 1. The zero-order valence-electron chi connectivity index (χ0n) is 6.10. The summed E-state index contributed by atoms with van der Waals surface area (Å²) in [5.41, 5.74) is 0. The molecule has 1 rings (SSSR count). The van der Waals surface area contributed by atoms with Crippen LogP contribution in [0.15, 0.2) is 32.0 Å². The first-order chi connectivity index (χ1) is 5.25. The molecule has 0 saturated carbocycles. The van der Waals surface area contributed by atoms with Crippen molar-refractivity contribution in [2.24, 2.45) is 0 Å². The largest absolute Gasteiger partial charge is 0.125 e. The van der Waals surface area contributed by atoms with Crippen LogP contribution in [0.4, 0.5) is 0 Å². The second kappa shape index (κ2) is 4.53. The Balaban J connectivity index is 2.96. The van der Waals surface area contributed by atoms with E-state index in [0.717, 1.165) is 14.7 Å². The normalized spacial score (nSPS) is 10.1. The lowest BCUT2D eigenvalue weighted by atomic mass is 10.4. The maximum Gasteiger partial charge on any atom is 0.0453 e. The van der Waals surface area contributed by atoms with E-state index >= 15 is 0 Å². The van der Waals surface area contributed by atoms with Gasteiger partial charge in [-0.2, -0.15) is 0 Å². The van der Waals surface area contributed by atoms with Crippen molar-refractivity contribution in [2.75, 3.05) is 5.75 Å². The third kappa shape index (κ3) is 2.49. The fraction of sp³-hybridized carbons (Fsp3) is 0.250. The molecule has 0 amide bonds. The standard InChI is InChI=1S/C8H8Br2S/c1-2-11-7-5-3-4-6(9)8(7)10/h3-5H,2H2,1H3. The van der Waals surface area contributed by atoms with Crippen LogP contribution in [0, 0.1) is 0 Å². The Morgan fingerprint density at radius 3 is 2.73 bits per heavy atom. The van der Waals surface area contributed by atoms with Crippen molar-refractivity contribution in [1.29, 1.82) is 0 Å². The van der Waals surface area contributed by atoms with Gasteiger partial charge >= 0.3 is 0 Å². The Labute approximate surface area is 88.0 Å². The van der Waals surface area contributed by atoms with E-state index in [9.17, 15) is 0 Å². The summed E-state index contributed by atoms with van der Waals surface area (Å²) >= 11 is 8.81. The zero-order chi connectivity index (χ0) is 8.27. The summed E-state index contributed by atoms with van der Waals surface area (Å²) in [5, 5.41) is 0. The van der Waals surface area contributed by atoms with Crippen LogP contribution < -0.4 is 0 Å². The summed E-state index contributed by atoms with van der Waals surface area (Å²) in [6, 6.07) is 6.19. The summed E-state index contributed by atoms with van der Waals surface area (Å²) < 4.78 is 2.28. The molecule has 11 heavy (non-hydrogen) atoms. The van der Waals surface area contributed by atoms with Gasteiger partial charge in [0.1, 0.15) is 0 Å². The van der Waals surface area contributed by atoms with Crippen LogP contribution in [0.5, 0.6) is 0 Å². The number of benzene rings is 1. The van der Waals surface area contributed by atoms with Gasteiger partial charge in [-0.1, -0.05) is 13.0 Å². The first kappa shape index (κ1) is 9.62. The van der Waals surface area contributed by atoms with Gasteiger partial charge in [-0.25, -0.2) is 0 Å². The van der Waals surface area contributed by atoms with E-state index in [0.29, 0.717) is 0 Å². The minimum absolute atomic E-state index is 1.11. The van der Waals surface area contributed by atoms with Crippen LogP contribution in [-0.2, 0) is 0 Å². The highest BCUT2D eigenvalue weighted by Crippen LogP contribution is 2.32. The van der Waals surface area contributed by atoms with Crippen LogP contribution in [0.2, 0.25) is 0 Å². The van der Waals surface area contributed by atoms with Gasteiger partial charge in [0.05, 0.1) is 0 Å². The average Bonchev–Trinajstić information content (AvgIpc) is 1.99. The smallest absolute Gasteiger partial charge is 0.0453 e. The maximum absolute atomic E-state index is 3.51. The molecule has 0 nitrogen and oxygen atoms in total. The molecule has 0 heterocycles. The minimum atomic E-state index is 1.11. The summed E-state index contributed by atoms with van der Waals surface area (Å²) in [4.78, 5) is 1.29. The molecule has 0 radical (unpaired) electrons. The highest BCUT2D eigenvalue weighted by atomic mass is 79.9. The summed E-state index contributed by atoms with van der Waals surface area (Å²) in [6.07, 6.45) is 0. The quantitative estimate of drug-likeness (QED) is 0.732. The molecule has 0 spiro atoms. The van der Waals surface area contributed by atoms with Crippen molar-refractivity contribution in [3.05, 3.63) is 27.1 Å². The van der Waals surface area contributed by atoms with E-state index in [1.165, 1.54) is 4.90 Å². The fourth-order valence-electron chi connectivity index (χ4n) is 0.751. The van der Waals surface area contributed by atoms with E-state index in [1.54, 1.807) is 0 Å². The topological polar surface area (TPSA) is 0 Å². The molecule has 0 saturated heterocycles. The second-order valence-corrected chi connectivity index (χ2v) is 4.94. The molecule has 0 aliphatic heterocycles. The zero-order valence-corrected chi connectivity index (χ0v) is 10.1. The molecular formula is C8H8Br2S. The predicted octanol–water partition coefficient (Wildman–Crippen LogP) is 4.32. The fourth-order valence-corrected chi connectivity index (χ4v) is 2.58. The summed E-state index contributed by atoms with van der Waals surface area (Å²) in [7, 11) is 0. The lowest BCUT2D eigenvalue weighted by Gasteiger charge is -2.02. The number of thioether (sulfide) groups is 1. The van der Waals surface area contributed by atoms with Gasteiger partial charge < -0.3 is 0 Å². The Morgan fingerprint density at radius 1 is 1.36 bits per heavy atom. The van der Waals surface area contributed by atoms with Crippen molar-refractivity contribution < 1.29 is 0 Å². The van der Waals surface area contributed by atoms with Crippen molar-refractivity contribution in [3.8, 4) is 0 Å². The van der Waals surface area contributed by atoms with Gasteiger partial charge in [-0.15, -0.1) is 11.8 Å². The first-order valence-corrected chi connectivity index (χ1v) is 5.89. The maximum atomic E-state index is 3.51. The first-order valence-electron chi connectivity index (χ1n) is 3.32. The molecule has 3 heteroatoms. The molecule has 0 aromatic heterocycles. The van der Waals surface area contributed by atoms with Crippen LogP contribution in [0.1, 0.15) is 6.92 Å². The molecule has 1 aromatic carbocycles. The molecular weight excluding hydrogens is 288 g/mol. The molecule has 0 unspecified atom stereocenters. The molecule has 60 valence electrons. The monoisotopic (exact) mass is 294 g/mol. The van der Waals surface area contributed by atoms with Gasteiger partial charge in [-0.3, -0.25) is 0 Å². The Kier molecular flexibility index (Phi) is 3.96. The minimum Gasteiger partial charge on any atom is -0.125 e. The van der Waals surface area contributed by atoms with Gasteiger partial charge in [0, 0.05) is 13.8 Å². The van der Waals surface area contributed by atoms with E-state index in [-0.39, 0.29) is 0 Å². The Bertz CT molecular complexity index is 248. The Hall–Kier alpha value is 0.530. The van der Waals surface area contributed by atoms with Crippen LogP contribution >= 0.6 is 43.6 Å².